The van der Waals surface area contributed by atoms with Crippen LogP contribution in [0.2, 0.25) is 0 Å². The van der Waals surface area contributed by atoms with E-state index in [1.165, 1.54) is 5.56 Å². The van der Waals surface area contributed by atoms with Crippen LogP contribution in [0.25, 0.3) is 0 Å². The van der Waals surface area contributed by atoms with E-state index in [4.69, 9.17) is 5.26 Å². The molecule has 3 nitrogen and oxygen atoms in total. The molecule has 18 heavy (non-hydrogen) atoms. The minimum absolute atomic E-state index is 0.150. The minimum atomic E-state index is -0.979. The molecule has 1 amide bonds. The van der Waals surface area contributed by atoms with Crippen LogP contribution < -0.4 is 5.32 Å². The molecule has 96 valence electrons. The zero-order valence-electron chi connectivity index (χ0n) is 11.4. The number of carbonyl (C=O) groups excluding carboxylic acids is 1. The second-order valence-corrected chi connectivity index (χ2v) is 5.67. The zero-order valence-corrected chi connectivity index (χ0v) is 11.4. The fourth-order valence-corrected chi connectivity index (χ4v) is 1.56. The van der Waals surface area contributed by atoms with Crippen LogP contribution in [0.4, 0.5) is 0 Å². The molecule has 3 heteroatoms. The molecule has 0 atom stereocenters. The molecule has 0 aliphatic rings. The Morgan fingerprint density at radius 2 is 1.78 bits per heavy atom. The number of nitriles is 1. The van der Waals surface area contributed by atoms with Gasteiger partial charge in [0.2, 0.25) is 5.91 Å². The third-order valence-corrected chi connectivity index (χ3v) is 3.09. The molecule has 0 radical (unpaired) electrons. The Morgan fingerprint density at radius 3 is 2.28 bits per heavy atom. The van der Waals surface area contributed by atoms with E-state index in [-0.39, 0.29) is 11.3 Å². The quantitative estimate of drug-likeness (QED) is 0.885. The van der Waals surface area contributed by atoms with Gasteiger partial charge in [-0.1, -0.05) is 44.2 Å². The maximum Gasteiger partial charge on any atom is 0.239 e. The lowest BCUT2D eigenvalue weighted by atomic mass is 9.84. The van der Waals surface area contributed by atoms with Crippen molar-refractivity contribution in [2.45, 2.75) is 33.1 Å². The molecular weight excluding hydrogens is 224 g/mol. The molecule has 0 aliphatic heterocycles. The first-order valence-corrected chi connectivity index (χ1v) is 6.05. The van der Waals surface area contributed by atoms with Gasteiger partial charge in [0.25, 0.3) is 0 Å². The van der Waals surface area contributed by atoms with E-state index >= 15 is 0 Å². The number of amides is 1. The molecule has 0 spiro atoms. The Morgan fingerprint density at radius 1 is 1.22 bits per heavy atom. The van der Waals surface area contributed by atoms with Crippen molar-refractivity contribution in [3.8, 4) is 6.07 Å². The highest BCUT2D eigenvalue weighted by Gasteiger charge is 2.29. The van der Waals surface area contributed by atoms with Crippen molar-refractivity contribution < 1.29 is 4.79 Å². The molecule has 0 heterocycles. The molecule has 0 fully saturated rings. The minimum Gasteiger partial charge on any atom is -0.354 e. The van der Waals surface area contributed by atoms with E-state index in [2.05, 4.69) is 19.2 Å². The first-order valence-electron chi connectivity index (χ1n) is 6.05. The SMILES string of the molecule is CC(C)(C#N)C(=O)NCC(C)(C)c1ccccc1. The molecule has 0 saturated carbocycles. The third kappa shape index (κ3) is 3.33. The van der Waals surface area contributed by atoms with Crippen molar-refractivity contribution in [3.63, 3.8) is 0 Å². The highest BCUT2D eigenvalue weighted by atomic mass is 16.2. The Hall–Kier alpha value is -1.82. The predicted molar refractivity (Wildman–Crippen MR) is 71.9 cm³/mol. The smallest absolute Gasteiger partial charge is 0.239 e. The molecule has 0 unspecified atom stereocenters. The lowest BCUT2D eigenvalue weighted by molar-refractivity contribution is -0.127. The fraction of sp³-hybridized carbons (Fsp3) is 0.467. The molecular formula is C15H20N2O. The summed E-state index contributed by atoms with van der Waals surface area (Å²) in [6, 6.07) is 12.0. The number of carbonyl (C=O) groups is 1. The maximum absolute atomic E-state index is 11.8. The van der Waals surface area contributed by atoms with Crippen LogP contribution in [-0.4, -0.2) is 12.5 Å². The molecule has 0 aromatic heterocycles. The third-order valence-electron chi connectivity index (χ3n) is 3.09. The summed E-state index contributed by atoms with van der Waals surface area (Å²) >= 11 is 0. The number of benzene rings is 1. The monoisotopic (exact) mass is 244 g/mol. The van der Waals surface area contributed by atoms with Gasteiger partial charge >= 0.3 is 0 Å². The van der Waals surface area contributed by atoms with Crippen molar-refractivity contribution in [1.82, 2.24) is 5.32 Å². The highest BCUT2D eigenvalue weighted by molar-refractivity contribution is 5.84. The topological polar surface area (TPSA) is 52.9 Å². The number of rotatable bonds is 4. The van der Waals surface area contributed by atoms with Gasteiger partial charge in [-0.2, -0.15) is 5.26 Å². The van der Waals surface area contributed by atoms with E-state index in [1.54, 1.807) is 13.8 Å². The Bertz CT molecular complexity index is 455. The van der Waals surface area contributed by atoms with Gasteiger partial charge in [0.05, 0.1) is 6.07 Å². The van der Waals surface area contributed by atoms with Crippen molar-refractivity contribution in [2.24, 2.45) is 5.41 Å². The van der Waals surface area contributed by atoms with E-state index in [9.17, 15) is 4.79 Å². The van der Waals surface area contributed by atoms with Gasteiger partial charge in [-0.15, -0.1) is 0 Å². The normalized spacial score (nSPS) is 11.7. The van der Waals surface area contributed by atoms with Crippen molar-refractivity contribution in [1.29, 1.82) is 5.26 Å². The van der Waals surface area contributed by atoms with Gasteiger partial charge in [0.15, 0.2) is 0 Å². The summed E-state index contributed by atoms with van der Waals surface area (Å²) in [5.41, 5.74) is 0.0370. The molecule has 1 N–H and O–H groups in total. The summed E-state index contributed by atoms with van der Waals surface area (Å²) in [5, 5.41) is 11.8. The van der Waals surface area contributed by atoms with Crippen LogP contribution in [0.15, 0.2) is 30.3 Å². The molecule has 0 saturated heterocycles. The summed E-state index contributed by atoms with van der Waals surface area (Å²) in [6.07, 6.45) is 0. The van der Waals surface area contributed by atoms with E-state index in [0.717, 1.165) is 0 Å². The van der Waals surface area contributed by atoms with Crippen LogP contribution in [0.3, 0.4) is 0 Å². The summed E-state index contributed by atoms with van der Waals surface area (Å²) < 4.78 is 0. The second-order valence-electron chi connectivity index (χ2n) is 5.67. The summed E-state index contributed by atoms with van der Waals surface area (Å²) in [4.78, 5) is 11.8. The summed E-state index contributed by atoms with van der Waals surface area (Å²) in [7, 11) is 0. The number of nitrogens with one attached hydrogen (secondary N) is 1. The first kappa shape index (κ1) is 14.2. The summed E-state index contributed by atoms with van der Waals surface area (Å²) in [5.74, 6) is -0.228. The van der Waals surface area contributed by atoms with E-state index in [1.807, 2.05) is 36.4 Å². The van der Waals surface area contributed by atoms with E-state index < -0.39 is 5.41 Å². The van der Waals surface area contributed by atoms with Gasteiger partial charge < -0.3 is 5.32 Å². The van der Waals surface area contributed by atoms with Crippen LogP contribution >= 0.6 is 0 Å². The van der Waals surface area contributed by atoms with Gasteiger partial charge in [-0.25, -0.2) is 0 Å². The van der Waals surface area contributed by atoms with Gasteiger partial charge in [-0.3, -0.25) is 4.79 Å². The highest BCUT2D eigenvalue weighted by Crippen LogP contribution is 2.22. The van der Waals surface area contributed by atoms with Crippen LogP contribution in [0.5, 0.6) is 0 Å². The van der Waals surface area contributed by atoms with Crippen LogP contribution in [0, 0.1) is 16.7 Å². The van der Waals surface area contributed by atoms with Gasteiger partial charge in [-0.05, 0) is 19.4 Å². The Kier molecular flexibility index (Phi) is 4.13. The Labute approximate surface area is 109 Å². The van der Waals surface area contributed by atoms with Crippen LogP contribution in [-0.2, 0) is 10.2 Å². The second kappa shape index (κ2) is 5.22. The number of nitrogens with zero attached hydrogens (tertiary/aromatic N) is 1. The van der Waals surface area contributed by atoms with Crippen molar-refractivity contribution in [2.75, 3.05) is 6.54 Å². The van der Waals surface area contributed by atoms with Gasteiger partial charge in [0.1, 0.15) is 5.41 Å². The zero-order chi connectivity index (χ0) is 13.8. The first-order chi connectivity index (χ1) is 8.29. The molecule has 1 rings (SSSR count). The van der Waals surface area contributed by atoms with Crippen molar-refractivity contribution >= 4 is 5.91 Å². The molecule has 0 bridgehead atoms. The number of hydrogen-bond acceptors (Lipinski definition) is 2. The standard InChI is InChI=1S/C15H20N2O/c1-14(2,10-16)13(18)17-11-15(3,4)12-8-6-5-7-9-12/h5-9H,11H2,1-4H3,(H,17,18). The average Bonchev–Trinajstić information content (AvgIpc) is 2.37. The Balaban J connectivity index is 2.70. The molecule has 0 aliphatic carbocycles. The fourth-order valence-electron chi connectivity index (χ4n) is 1.56. The average molecular weight is 244 g/mol. The molecule has 1 aromatic carbocycles. The lowest BCUT2D eigenvalue weighted by Gasteiger charge is -2.27. The van der Waals surface area contributed by atoms with Gasteiger partial charge in [0, 0.05) is 12.0 Å². The number of hydrogen-bond donors (Lipinski definition) is 1. The molecule has 1 aromatic rings. The predicted octanol–water partition coefficient (Wildman–Crippen LogP) is 2.63. The van der Waals surface area contributed by atoms with Crippen LogP contribution in [0.1, 0.15) is 33.3 Å². The summed E-state index contributed by atoms with van der Waals surface area (Å²) in [6.45, 7) is 7.90. The van der Waals surface area contributed by atoms with Crippen molar-refractivity contribution in [3.05, 3.63) is 35.9 Å². The van der Waals surface area contributed by atoms with E-state index in [0.29, 0.717) is 6.54 Å². The largest absolute Gasteiger partial charge is 0.354 e. The lowest BCUT2D eigenvalue weighted by Crippen LogP contribution is -2.42. The maximum atomic E-state index is 11.8.